The van der Waals surface area contributed by atoms with Gasteiger partial charge < -0.3 is 9.64 Å². The lowest BCUT2D eigenvalue weighted by atomic mass is 9.99. The number of fused-ring (bicyclic) bond motifs is 1. The van der Waals surface area contributed by atoms with Crippen molar-refractivity contribution in [3.63, 3.8) is 0 Å². The summed E-state index contributed by atoms with van der Waals surface area (Å²) in [6, 6.07) is 2.68. The number of ether oxygens (including phenoxy) is 1. The van der Waals surface area contributed by atoms with E-state index in [0.29, 0.717) is 36.7 Å². The first-order valence-corrected chi connectivity index (χ1v) is 7.52. The molecule has 0 saturated heterocycles. The van der Waals surface area contributed by atoms with E-state index < -0.39 is 11.7 Å². The zero-order valence-electron chi connectivity index (χ0n) is 13.0. The molecule has 0 aliphatic carbocycles. The molecule has 1 aromatic carbocycles. The zero-order valence-corrected chi connectivity index (χ0v) is 13.0. The molecule has 0 spiro atoms. The predicted octanol–water partition coefficient (Wildman–Crippen LogP) is 3.71. The number of benzene rings is 1. The molecule has 0 amide bonds. The average Bonchev–Trinajstić information content (AvgIpc) is 2.92. The minimum Gasteiger partial charge on any atom is -0.490 e. The number of rotatable bonds is 3. The summed E-state index contributed by atoms with van der Waals surface area (Å²) in [4.78, 5) is 1.95. The summed E-state index contributed by atoms with van der Waals surface area (Å²) < 4.78 is 47.7. The quantitative estimate of drug-likeness (QED) is 0.862. The van der Waals surface area contributed by atoms with Gasteiger partial charge in [0.05, 0.1) is 24.0 Å². The number of aryl methyl sites for hydroxylation is 1. The van der Waals surface area contributed by atoms with Crippen LogP contribution in [-0.2, 0) is 13.2 Å². The largest absolute Gasteiger partial charge is 0.490 e. The Balaban J connectivity index is 2.17. The van der Waals surface area contributed by atoms with Crippen molar-refractivity contribution >= 4 is 5.69 Å². The molecule has 1 aliphatic heterocycles. The molecule has 3 rings (SSSR count). The summed E-state index contributed by atoms with van der Waals surface area (Å²) >= 11 is 0. The maximum atomic E-state index is 13.5. The minimum atomic E-state index is -4.43. The van der Waals surface area contributed by atoms with Gasteiger partial charge in [-0.2, -0.15) is 18.3 Å². The molecular formula is C16H18F3N3O. The molecule has 2 aromatic rings. The topological polar surface area (TPSA) is 30.3 Å². The number of alkyl halides is 3. The van der Waals surface area contributed by atoms with Crippen molar-refractivity contribution < 1.29 is 17.9 Å². The van der Waals surface area contributed by atoms with E-state index in [1.165, 1.54) is 23.0 Å². The Morgan fingerprint density at radius 2 is 2.09 bits per heavy atom. The normalized spacial score (nSPS) is 14.6. The van der Waals surface area contributed by atoms with Crippen LogP contribution in [-0.4, -0.2) is 29.5 Å². The first-order valence-electron chi connectivity index (χ1n) is 7.52. The Hall–Kier alpha value is -2.18. The van der Waals surface area contributed by atoms with Gasteiger partial charge >= 0.3 is 6.18 Å². The summed E-state index contributed by atoms with van der Waals surface area (Å²) in [5.41, 5.74) is 0.385. The van der Waals surface area contributed by atoms with Crippen LogP contribution in [0.15, 0.2) is 24.5 Å². The Labute approximate surface area is 132 Å². The zero-order chi connectivity index (χ0) is 16.6. The molecule has 4 nitrogen and oxygen atoms in total. The first-order chi connectivity index (χ1) is 10.9. The van der Waals surface area contributed by atoms with Gasteiger partial charge in [-0.05, 0) is 18.6 Å². The van der Waals surface area contributed by atoms with Crippen molar-refractivity contribution in [2.24, 2.45) is 7.05 Å². The molecule has 7 heteroatoms. The second kappa shape index (κ2) is 5.79. The van der Waals surface area contributed by atoms with Crippen molar-refractivity contribution in [1.29, 1.82) is 0 Å². The number of halogens is 3. The standard InChI is InChI=1S/C16H18F3N3O/c1-3-4-22-5-6-23-15-7-12(11-9-20-21(2)10-11)13(8-14(15)22)16(17,18)19/h7-10H,3-6H2,1-2H3. The van der Waals surface area contributed by atoms with Crippen LogP contribution in [0.2, 0.25) is 0 Å². The van der Waals surface area contributed by atoms with E-state index in [2.05, 4.69) is 5.10 Å². The second-order valence-corrected chi connectivity index (χ2v) is 5.60. The van der Waals surface area contributed by atoms with E-state index in [-0.39, 0.29) is 5.56 Å². The van der Waals surface area contributed by atoms with Crippen LogP contribution in [0, 0.1) is 0 Å². The smallest absolute Gasteiger partial charge is 0.417 e. The fourth-order valence-corrected chi connectivity index (χ4v) is 2.85. The lowest BCUT2D eigenvalue weighted by molar-refractivity contribution is -0.137. The van der Waals surface area contributed by atoms with Gasteiger partial charge in [-0.25, -0.2) is 0 Å². The molecule has 23 heavy (non-hydrogen) atoms. The third kappa shape index (κ3) is 3.00. The number of anilines is 1. The van der Waals surface area contributed by atoms with E-state index in [1.807, 2.05) is 11.8 Å². The fourth-order valence-electron chi connectivity index (χ4n) is 2.85. The van der Waals surface area contributed by atoms with Gasteiger partial charge in [-0.15, -0.1) is 0 Å². The van der Waals surface area contributed by atoms with Crippen molar-refractivity contribution in [2.75, 3.05) is 24.6 Å². The van der Waals surface area contributed by atoms with E-state index in [9.17, 15) is 13.2 Å². The van der Waals surface area contributed by atoms with Gasteiger partial charge in [-0.3, -0.25) is 4.68 Å². The van der Waals surface area contributed by atoms with Gasteiger partial charge in [0.1, 0.15) is 12.4 Å². The van der Waals surface area contributed by atoms with E-state index in [1.54, 1.807) is 13.2 Å². The molecule has 1 aliphatic rings. The molecule has 0 radical (unpaired) electrons. The summed E-state index contributed by atoms with van der Waals surface area (Å²) in [7, 11) is 1.68. The van der Waals surface area contributed by atoms with Crippen molar-refractivity contribution in [3.8, 4) is 16.9 Å². The maximum absolute atomic E-state index is 13.5. The van der Waals surface area contributed by atoms with Crippen LogP contribution >= 0.6 is 0 Å². The molecular weight excluding hydrogens is 307 g/mol. The number of aromatic nitrogens is 2. The highest BCUT2D eigenvalue weighted by molar-refractivity contribution is 5.75. The number of hydrogen-bond donors (Lipinski definition) is 0. The predicted molar refractivity (Wildman–Crippen MR) is 81.6 cm³/mol. The van der Waals surface area contributed by atoms with Crippen molar-refractivity contribution in [1.82, 2.24) is 9.78 Å². The van der Waals surface area contributed by atoms with Crippen LogP contribution in [0.4, 0.5) is 18.9 Å². The first kappa shape index (κ1) is 15.7. The van der Waals surface area contributed by atoms with Gasteiger partial charge in [-0.1, -0.05) is 6.92 Å². The average molecular weight is 325 g/mol. The molecule has 0 saturated carbocycles. The van der Waals surface area contributed by atoms with Gasteiger partial charge in [0.2, 0.25) is 0 Å². The summed E-state index contributed by atoms with van der Waals surface area (Å²) in [6.45, 7) is 3.79. The van der Waals surface area contributed by atoms with Crippen molar-refractivity contribution in [3.05, 3.63) is 30.1 Å². The SMILES string of the molecule is CCCN1CCOc2cc(-c3cnn(C)c3)c(C(F)(F)F)cc21. The molecule has 0 fully saturated rings. The summed E-state index contributed by atoms with van der Waals surface area (Å²) in [5, 5.41) is 3.97. The van der Waals surface area contributed by atoms with Crippen LogP contribution in [0.3, 0.4) is 0 Å². The highest BCUT2D eigenvalue weighted by Gasteiger charge is 2.36. The molecule has 0 bridgehead atoms. The van der Waals surface area contributed by atoms with Gasteiger partial charge in [0.25, 0.3) is 0 Å². The molecule has 2 heterocycles. The van der Waals surface area contributed by atoms with E-state index in [4.69, 9.17) is 4.74 Å². The Kier molecular flexibility index (Phi) is 3.95. The number of hydrogen-bond acceptors (Lipinski definition) is 3. The van der Waals surface area contributed by atoms with Crippen LogP contribution in [0.5, 0.6) is 5.75 Å². The fraction of sp³-hybridized carbons (Fsp3) is 0.438. The van der Waals surface area contributed by atoms with E-state index >= 15 is 0 Å². The third-order valence-electron chi connectivity index (χ3n) is 3.87. The maximum Gasteiger partial charge on any atom is 0.417 e. The van der Waals surface area contributed by atoms with Crippen LogP contribution in [0.25, 0.3) is 11.1 Å². The van der Waals surface area contributed by atoms with Gasteiger partial charge in [0, 0.05) is 30.9 Å². The Morgan fingerprint density at radius 1 is 1.30 bits per heavy atom. The Morgan fingerprint density at radius 3 is 2.70 bits per heavy atom. The second-order valence-electron chi connectivity index (χ2n) is 5.60. The molecule has 0 atom stereocenters. The Bertz CT molecular complexity index is 709. The molecule has 0 unspecified atom stereocenters. The lowest BCUT2D eigenvalue weighted by Gasteiger charge is -2.32. The van der Waals surface area contributed by atoms with Crippen LogP contribution in [0.1, 0.15) is 18.9 Å². The van der Waals surface area contributed by atoms with Gasteiger partial charge in [0.15, 0.2) is 0 Å². The summed E-state index contributed by atoms with van der Waals surface area (Å²) in [6.07, 6.45) is -0.562. The minimum absolute atomic E-state index is 0.0997. The molecule has 1 aromatic heterocycles. The monoisotopic (exact) mass is 325 g/mol. The lowest BCUT2D eigenvalue weighted by Crippen LogP contribution is -2.33. The van der Waals surface area contributed by atoms with Crippen LogP contribution < -0.4 is 9.64 Å². The third-order valence-corrected chi connectivity index (χ3v) is 3.87. The molecule has 0 N–H and O–H groups in total. The highest BCUT2D eigenvalue weighted by Crippen LogP contribution is 2.44. The van der Waals surface area contributed by atoms with E-state index in [0.717, 1.165) is 6.42 Å². The van der Waals surface area contributed by atoms with Crippen molar-refractivity contribution in [2.45, 2.75) is 19.5 Å². The molecule has 124 valence electrons. The summed E-state index contributed by atoms with van der Waals surface area (Å²) in [5.74, 6) is 0.497. The number of nitrogens with zero attached hydrogens (tertiary/aromatic N) is 3. The highest BCUT2D eigenvalue weighted by atomic mass is 19.4.